The zero-order valence-corrected chi connectivity index (χ0v) is 10.4. The molecular formula is C14H12BO4. The molecule has 1 heterocycles. The first kappa shape index (κ1) is 12.1. The van der Waals surface area contributed by atoms with E-state index in [-0.39, 0.29) is 0 Å². The van der Waals surface area contributed by atoms with E-state index < -0.39 is 6.29 Å². The van der Waals surface area contributed by atoms with E-state index in [1.54, 1.807) is 19.2 Å². The highest BCUT2D eigenvalue weighted by Gasteiger charge is 2.22. The van der Waals surface area contributed by atoms with Gasteiger partial charge in [-0.1, -0.05) is 6.07 Å². The van der Waals surface area contributed by atoms with Gasteiger partial charge in [0.15, 0.2) is 6.29 Å². The van der Waals surface area contributed by atoms with Crippen LogP contribution in [0.4, 0.5) is 0 Å². The third-order valence-corrected chi connectivity index (χ3v) is 2.94. The van der Waals surface area contributed by atoms with Gasteiger partial charge in [0.2, 0.25) is 0 Å². The van der Waals surface area contributed by atoms with Crippen LogP contribution in [0.25, 0.3) is 0 Å². The van der Waals surface area contributed by atoms with Gasteiger partial charge in [0, 0.05) is 5.56 Å². The van der Waals surface area contributed by atoms with Gasteiger partial charge in [0.25, 0.3) is 0 Å². The zero-order valence-electron chi connectivity index (χ0n) is 10.4. The molecule has 0 saturated carbocycles. The minimum absolute atomic E-state index is 0.692. The summed E-state index contributed by atoms with van der Waals surface area (Å²) in [6, 6.07) is 12.8. The molecule has 0 spiro atoms. The summed E-state index contributed by atoms with van der Waals surface area (Å²) in [7, 11) is 3.15. The van der Waals surface area contributed by atoms with Gasteiger partial charge in [-0.2, -0.15) is 0 Å². The molecule has 0 aromatic heterocycles. The van der Waals surface area contributed by atoms with Crippen LogP contribution < -0.4 is 14.9 Å². The van der Waals surface area contributed by atoms with Gasteiger partial charge < -0.3 is 19.2 Å². The third kappa shape index (κ3) is 2.43. The van der Waals surface area contributed by atoms with Crippen molar-refractivity contribution in [3.63, 3.8) is 0 Å². The third-order valence-electron chi connectivity index (χ3n) is 2.94. The number of aliphatic hydroxyl groups excluding tert-OH is 1. The topological polar surface area (TPSA) is 47.9 Å². The van der Waals surface area contributed by atoms with Crippen LogP contribution in [0.1, 0.15) is 11.9 Å². The van der Waals surface area contributed by atoms with E-state index in [9.17, 15) is 5.11 Å². The highest BCUT2D eigenvalue weighted by molar-refractivity contribution is 6.49. The molecule has 0 aliphatic carbocycles. The average Bonchev–Trinajstić information content (AvgIpc) is 2.81. The quantitative estimate of drug-likeness (QED) is 0.849. The summed E-state index contributed by atoms with van der Waals surface area (Å²) in [5.74, 6) is 2.20. The molecule has 1 radical (unpaired) electrons. The number of ether oxygens (including phenoxy) is 2. The largest absolute Gasteiger partial charge is 0.497 e. The van der Waals surface area contributed by atoms with Crippen molar-refractivity contribution in [1.29, 1.82) is 0 Å². The minimum Gasteiger partial charge on any atom is -0.497 e. The van der Waals surface area contributed by atoms with E-state index >= 15 is 0 Å². The Morgan fingerprint density at radius 1 is 1.05 bits per heavy atom. The molecule has 0 fully saturated rings. The molecule has 1 atom stereocenters. The molecule has 1 N–H and O–H groups in total. The van der Waals surface area contributed by atoms with Crippen LogP contribution in [0.5, 0.6) is 17.2 Å². The molecule has 19 heavy (non-hydrogen) atoms. The Labute approximate surface area is 111 Å². The Hall–Kier alpha value is -1.98. The summed E-state index contributed by atoms with van der Waals surface area (Å²) in [4.78, 5) is 0. The Morgan fingerprint density at radius 3 is 2.47 bits per heavy atom. The van der Waals surface area contributed by atoms with Crippen molar-refractivity contribution in [2.45, 2.75) is 6.29 Å². The number of hydrogen-bond donors (Lipinski definition) is 1. The van der Waals surface area contributed by atoms with Crippen molar-refractivity contribution < 1.29 is 19.2 Å². The average molecular weight is 255 g/mol. The van der Waals surface area contributed by atoms with E-state index in [1.165, 1.54) is 7.48 Å². The van der Waals surface area contributed by atoms with Crippen LogP contribution in [-0.4, -0.2) is 19.7 Å². The highest BCUT2D eigenvalue weighted by Crippen LogP contribution is 2.26. The van der Waals surface area contributed by atoms with Crippen molar-refractivity contribution in [1.82, 2.24) is 0 Å². The summed E-state index contributed by atoms with van der Waals surface area (Å²) in [5.41, 5.74) is 1.58. The lowest BCUT2D eigenvalue weighted by Gasteiger charge is -2.08. The van der Waals surface area contributed by atoms with Gasteiger partial charge >= 0.3 is 7.48 Å². The predicted octanol–water partition coefficient (Wildman–Crippen LogP) is 1.75. The molecule has 0 amide bonds. The molecular weight excluding hydrogens is 243 g/mol. The monoisotopic (exact) mass is 255 g/mol. The van der Waals surface area contributed by atoms with E-state index in [4.69, 9.17) is 14.1 Å². The number of methoxy groups -OCH3 is 1. The molecule has 2 aromatic rings. The van der Waals surface area contributed by atoms with Crippen molar-refractivity contribution in [2.75, 3.05) is 7.11 Å². The summed E-state index contributed by atoms with van der Waals surface area (Å²) < 4.78 is 15.8. The van der Waals surface area contributed by atoms with Crippen LogP contribution in [0, 0.1) is 0 Å². The van der Waals surface area contributed by atoms with Gasteiger partial charge in [-0.15, -0.1) is 0 Å². The lowest BCUT2D eigenvalue weighted by molar-refractivity contribution is -0.00794. The van der Waals surface area contributed by atoms with Crippen LogP contribution in [-0.2, 0) is 4.65 Å². The van der Waals surface area contributed by atoms with E-state index in [0.29, 0.717) is 5.75 Å². The lowest BCUT2D eigenvalue weighted by atomic mass is 9.87. The van der Waals surface area contributed by atoms with Crippen molar-refractivity contribution >= 4 is 12.9 Å². The second-order valence-corrected chi connectivity index (χ2v) is 4.17. The number of rotatable bonds is 3. The SMILES string of the molecule is COc1ccc(Oc2ccc3c(c2)[B]OC3O)cc1. The maximum Gasteiger partial charge on any atom is 0.334 e. The number of aliphatic hydroxyl groups is 1. The fraction of sp³-hybridized carbons (Fsp3) is 0.143. The van der Waals surface area contributed by atoms with E-state index in [0.717, 1.165) is 22.5 Å². The van der Waals surface area contributed by atoms with Crippen LogP contribution >= 0.6 is 0 Å². The van der Waals surface area contributed by atoms with Crippen LogP contribution in [0.3, 0.4) is 0 Å². The predicted molar refractivity (Wildman–Crippen MR) is 70.9 cm³/mol. The standard InChI is InChI=1S/C14H12BO4/c1-17-9-2-4-10(5-3-9)18-11-6-7-12-13(8-11)15-19-14(12)16/h2-8,14,16H,1H3. The summed E-state index contributed by atoms with van der Waals surface area (Å²) in [5, 5.41) is 9.51. The molecule has 1 aliphatic rings. The van der Waals surface area contributed by atoms with Gasteiger partial charge in [-0.05, 0) is 41.9 Å². The zero-order chi connectivity index (χ0) is 13.2. The minimum atomic E-state index is -0.870. The molecule has 0 bridgehead atoms. The normalized spacial score (nSPS) is 16.6. The second-order valence-electron chi connectivity index (χ2n) is 4.17. The van der Waals surface area contributed by atoms with Crippen LogP contribution in [0.15, 0.2) is 42.5 Å². The maximum atomic E-state index is 9.51. The maximum absolute atomic E-state index is 9.51. The molecule has 0 saturated heterocycles. The van der Waals surface area contributed by atoms with Gasteiger partial charge in [-0.3, -0.25) is 0 Å². The van der Waals surface area contributed by atoms with Gasteiger partial charge in [-0.25, -0.2) is 0 Å². The van der Waals surface area contributed by atoms with Crippen molar-refractivity contribution in [2.24, 2.45) is 0 Å². The first-order chi connectivity index (χ1) is 9.26. The molecule has 4 nitrogen and oxygen atoms in total. The fourth-order valence-electron chi connectivity index (χ4n) is 1.93. The van der Waals surface area contributed by atoms with E-state index in [1.807, 2.05) is 30.3 Å². The van der Waals surface area contributed by atoms with Gasteiger partial charge in [0.05, 0.1) is 7.11 Å². The highest BCUT2D eigenvalue weighted by atomic mass is 16.6. The van der Waals surface area contributed by atoms with Crippen molar-refractivity contribution in [3.05, 3.63) is 48.0 Å². The summed E-state index contributed by atoms with van der Waals surface area (Å²) in [6.07, 6.45) is -0.870. The van der Waals surface area contributed by atoms with Crippen molar-refractivity contribution in [3.8, 4) is 17.2 Å². The first-order valence-electron chi connectivity index (χ1n) is 5.89. The molecule has 5 heteroatoms. The molecule has 95 valence electrons. The molecule has 1 unspecified atom stereocenters. The fourth-order valence-corrected chi connectivity index (χ4v) is 1.93. The summed E-state index contributed by atoms with van der Waals surface area (Å²) in [6.45, 7) is 0. The first-order valence-corrected chi connectivity index (χ1v) is 5.89. The molecule has 1 aliphatic heterocycles. The van der Waals surface area contributed by atoms with Crippen LogP contribution in [0.2, 0.25) is 0 Å². The number of benzene rings is 2. The Morgan fingerprint density at radius 2 is 1.74 bits per heavy atom. The lowest BCUT2D eigenvalue weighted by Crippen LogP contribution is -2.11. The molecule has 3 rings (SSSR count). The van der Waals surface area contributed by atoms with Gasteiger partial charge in [0.1, 0.15) is 17.2 Å². The Bertz CT molecular complexity index is 582. The Balaban J connectivity index is 1.79. The Kier molecular flexibility index (Phi) is 3.15. The van der Waals surface area contributed by atoms with E-state index in [2.05, 4.69) is 0 Å². The number of fused-ring (bicyclic) bond motifs is 1. The second kappa shape index (κ2) is 4.95. The number of hydrogen-bond acceptors (Lipinski definition) is 4. The smallest absolute Gasteiger partial charge is 0.334 e. The summed E-state index contributed by atoms with van der Waals surface area (Å²) >= 11 is 0. The molecule has 2 aromatic carbocycles.